The number of ether oxygens (including phenoxy) is 1. The molecule has 2 atom stereocenters. The minimum absolute atomic E-state index is 0.245. The monoisotopic (exact) mass is 257 g/mol. The van der Waals surface area contributed by atoms with Crippen LogP contribution in [0.4, 0.5) is 0 Å². The maximum absolute atomic E-state index is 9.78. The van der Waals surface area contributed by atoms with Gasteiger partial charge < -0.3 is 15.2 Å². The zero-order valence-corrected chi connectivity index (χ0v) is 12.3. The molecule has 2 N–H and O–H groups in total. The van der Waals surface area contributed by atoms with Crippen LogP contribution in [0.5, 0.6) is 0 Å². The predicted octanol–water partition coefficient (Wildman–Crippen LogP) is 2.58. The number of aliphatic hydroxyl groups excluding tert-OH is 1. The number of hydrogen-bond donors (Lipinski definition) is 2. The normalized spacial score (nSPS) is 19.8. The summed E-state index contributed by atoms with van der Waals surface area (Å²) in [5.41, 5.74) is 0. The van der Waals surface area contributed by atoms with Crippen LogP contribution in [0.1, 0.15) is 52.9 Å². The van der Waals surface area contributed by atoms with E-state index in [0.717, 1.165) is 18.9 Å². The van der Waals surface area contributed by atoms with Crippen molar-refractivity contribution in [1.82, 2.24) is 5.32 Å². The van der Waals surface area contributed by atoms with Gasteiger partial charge in [-0.25, -0.2) is 0 Å². The standard InChI is InChI=1S/C15H31NO2/c1-12(2)9-13(3)18-11-15(17)10-16-8-7-14-5-4-6-14/h12-17H,4-11H2,1-3H3. The fraction of sp³-hybridized carbons (Fsp3) is 1.00. The molecule has 1 aliphatic carbocycles. The molecule has 0 aromatic heterocycles. The SMILES string of the molecule is CC(C)CC(C)OCC(O)CNCCC1CCC1. The van der Waals surface area contributed by atoms with Crippen LogP contribution in [0.15, 0.2) is 0 Å². The van der Waals surface area contributed by atoms with Gasteiger partial charge in [0.25, 0.3) is 0 Å². The summed E-state index contributed by atoms with van der Waals surface area (Å²) in [5, 5.41) is 13.1. The van der Waals surface area contributed by atoms with Gasteiger partial charge in [0.1, 0.15) is 0 Å². The molecule has 0 aliphatic heterocycles. The van der Waals surface area contributed by atoms with Crippen LogP contribution in [0, 0.1) is 11.8 Å². The van der Waals surface area contributed by atoms with E-state index in [1.807, 2.05) is 0 Å². The lowest BCUT2D eigenvalue weighted by molar-refractivity contribution is -0.00855. The van der Waals surface area contributed by atoms with E-state index in [4.69, 9.17) is 4.74 Å². The zero-order valence-electron chi connectivity index (χ0n) is 12.3. The molecule has 0 bridgehead atoms. The first kappa shape index (κ1) is 15.9. The molecule has 0 radical (unpaired) electrons. The fourth-order valence-electron chi connectivity index (χ4n) is 2.42. The quantitative estimate of drug-likeness (QED) is 0.591. The van der Waals surface area contributed by atoms with Gasteiger partial charge in [-0.1, -0.05) is 33.1 Å². The average molecular weight is 257 g/mol. The fourth-order valence-corrected chi connectivity index (χ4v) is 2.42. The average Bonchev–Trinajstić information content (AvgIpc) is 2.22. The largest absolute Gasteiger partial charge is 0.389 e. The molecule has 0 spiro atoms. The Morgan fingerprint density at radius 1 is 1.28 bits per heavy atom. The molecule has 0 aromatic carbocycles. The first-order valence-electron chi connectivity index (χ1n) is 7.58. The smallest absolute Gasteiger partial charge is 0.0897 e. The molecule has 18 heavy (non-hydrogen) atoms. The molecule has 0 amide bonds. The van der Waals surface area contributed by atoms with Gasteiger partial charge in [-0.15, -0.1) is 0 Å². The Kier molecular flexibility index (Phi) is 7.87. The van der Waals surface area contributed by atoms with Crippen molar-refractivity contribution in [1.29, 1.82) is 0 Å². The highest BCUT2D eigenvalue weighted by Crippen LogP contribution is 2.28. The summed E-state index contributed by atoms with van der Waals surface area (Å²) >= 11 is 0. The van der Waals surface area contributed by atoms with Crippen LogP contribution in [0.3, 0.4) is 0 Å². The van der Waals surface area contributed by atoms with Gasteiger partial charge in [-0.05, 0) is 38.1 Å². The topological polar surface area (TPSA) is 41.5 Å². The lowest BCUT2D eigenvalue weighted by atomic mass is 9.83. The predicted molar refractivity (Wildman–Crippen MR) is 75.7 cm³/mol. The second-order valence-electron chi connectivity index (χ2n) is 6.22. The molecule has 0 aromatic rings. The minimum Gasteiger partial charge on any atom is -0.389 e. The lowest BCUT2D eigenvalue weighted by Crippen LogP contribution is -2.33. The summed E-state index contributed by atoms with van der Waals surface area (Å²) in [6.07, 6.45) is 6.41. The van der Waals surface area contributed by atoms with Gasteiger partial charge in [-0.3, -0.25) is 0 Å². The molecule has 1 fully saturated rings. The van der Waals surface area contributed by atoms with Crippen LogP contribution in [-0.4, -0.2) is 37.0 Å². The first-order chi connectivity index (χ1) is 8.58. The van der Waals surface area contributed by atoms with Crippen molar-refractivity contribution >= 4 is 0 Å². The third-order valence-electron chi connectivity index (χ3n) is 3.71. The van der Waals surface area contributed by atoms with Gasteiger partial charge >= 0.3 is 0 Å². The van der Waals surface area contributed by atoms with Crippen molar-refractivity contribution in [2.24, 2.45) is 11.8 Å². The Bertz CT molecular complexity index is 205. The van der Waals surface area contributed by atoms with Gasteiger partial charge in [0.05, 0.1) is 18.8 Å². The van der Waals surface area contributed by atoms with E-state index < -0.39 is 0 Å². The van der Waals surface area contributed by atoms with Crippen molar-refractivity contribution < 1.29 is 9.84 Å². The minimum atomic E-state index is -0.374. The zero-order chi connectivity index (χ0) is 13.4. The molecule has 2 unspecified atom stereocenters. The second kappa shape index (κ2) is 8.89. The molecular weight excluding hydrogens is 226 g/mol. The van der Waals surface area contributed by atoms with Crippen molar-refractivity contribution in [2.45, 2.75) is 65.1 Å². The van der Waals surface area contributed by atoms with Crippen LogP contribution in [0.2, 0.25) is 0 Å². The Balaban J connectivity index is 1.90. The van der Waals surface area contributed by atoms with Gasteiger partial charge in [0, 0.05) is 6.54 Å². The third-order valence-corrected chi connectivity index (χ3v) is 3.71. The number of hydrogen-bond acceptors (Lipinski definition) is 3. The highest BCUT2D eigenvalue weighted by atomic mass is 16.5. The number of aliphatic hydroxyl groups is 1. The van der Waals surface area contributed by atoms with E-state index in [1.54, 1.807) is 0 Å². The van der Waals surface area contributed by atoms with Crippen molar-refractivity contribution in [3.05, 3.63) is 0 Å². The first-order valence-corrected chi connectivity index (χ1v) is 7.58. The molecule has 0 saturated heterocycles. The van der Waals surface area contributed by atoms with Crippen LogP contribution >= 0.6 is 0 Å². The van der Waals surface area contributed by atoms with Crippen LogP contribution < -0.4 is 5.32 Å². The van der Waals surface area contributed by atoms with Crippen molar-refractivity contribution in [3.8, 4) is 0 Å². The summed E-state index contributed by atoms with van der Waals surface area (Å²) in [4.78, 5) is 0. The molecular formula is C15H31NO2. The molecule has 1 rings (SSSR count). The molecule has 3 heteroatoms. The summed E-state index contributed by atoms with van der Waals surface area (Å²) in [6.45, 7) is 8.60. The summed E-state index contributed by atoms with van der Waals surface area (Å²) < 4.78 is 5.64. The van der Waals surface area contributed by atoms with Crippen LogP contribution in [-0.2, 0) is 4.74 Å². The van der Waals surface area contributed by atoms with Gasteiger partial charge in [0.15, 0.2) is 0 Å². The van der Waals surface area contributed by atoms with E-state index in [2.05, 4.69) is 26.1 Å². The molecule has 1 saturated carbocycles. The lowest BCUT2D eigenvalue weighted by Gasteiger charge is -2.25. The third kappa shape index (κ3) is 7.34. The van der Waals surface area contributed by atoms with E-state index in [9.17, 15) is 5.11 Å². The van der Waals surface area contributed by atoms with Crippen molar-refractivity contribution in [3.63, 3.8) is 0 Å². The number of nitrogens with one attached hydrogen (secondary N) is 1. The van der Waals surface area contributed by atoms with E-state index in [0.29, 0.717) is 19.1 Å². The van der Waals surface area contributed by atoms with Gasteiger partial charge in [-0.2, -0.15) is 0 Å². The molecule has 3 nitrogen and oxygen atoms in total. The Morgan fingerprint density at radius 3 is 2.56 bits per heavy atom. The van der Waals surface area contributed by atoms with E-state index in [-0.39, 0.29) is 12.2 Å². The highest BCUT2D eigenvalue weighted by molar-refractivity contribution is 4.70. The highest BCUT2D eigenvalue weighted by Gasteiger charge is 2.16. The maximum atomic E-state index is 9.78. The Morgan fingerprint density at radius 2 is 2.00 bits per heavy atom. The summed E-state index contributed by atoms with van der Waals surface area (Å²) in [5.74, 6) is 1.59. The van der Waals surface area contributed by atoms with E-state index >= 15 is 0 Å². The Hall–Kier alpha value is -0.120. The molecule has 0 heterocycles. The second-order valence-corrected chi connectivity index (χ2v) is 6.22. The summed E-state index contributed by atoms with van der Waals surface area (Å²) in [7, 11) is 0. The van der Waals surface area contributed by atoms with E-state index in [1.165, 1.54) is 25.7 Å². The maximum Gasteiger partial charge on any atom is 0.0897 e. The number of rotatable bonds is 10. The summed E-state index contributed by atoms with van der Waals surface area (Å²) in [6, 6.07) is 0. The Labute approximate surface area is 112 Å². The van der Waals surface area contributed by atoms with Crippen LogP contribution in [0.25, 0.3) is 0 Å². The van der Waals surface area contributed by atoms with Crippen molar-refractivity contribution in [2.75, 3.05) is 19.7 Å². The molecule has 108 valence electrons. The van der Waals surface area contributed by atoms with Gasteiger partial charge in [0.2, 0.25) is 0 Å². The molecule has 1 aliphatic rings.